The van der Waals surface area contributed by atoms with Crippen LogP contribution in [0.1, 0.15) is 11.1 Å². The Hall–Kier alpha value is -8.90. The highest BCUT2D eigenvalue weighted by molar-refractivity contribution is 6.10. The van der Waals surface area contributed by atoms with E-state index in [2.05, 4.69) is 83.6 Å². The summed E-state index contributed by atoms with van der Waals surface area (Å²) >= 11 is 0. The molecule has 0 spiro atoms. The minimum absolute atomic E-state index is 0.0713. The van der Waals surface area contributed by atoms with E-state index in [0.29, 0.717) is 57.4 Å². The Labute approximate surface area is 376 Å². The van der Waals surface area contributed by atoms with Gasteiger partial charge in [0, 0.05) is 57.2 Å². The third-order valence-corrected chi connectivity index (χ3v) is 12.1. The fraction of sp³-hybridized carbons (Fsp3) is 0.0741. The summed E-state index contributed by atoms with van der Waals surface area (Å²) in [5, 5.41) is 4.44. The van der Waals surface area contributed by atoms with Crippen LogP contribution in [0.3, 0.4) is 0 Å². The van der Waals surface area contributed by atoms with Gasteiger partial charge in [0.2, 0.25) is 25.1 Å². The molecule has 66 heavy (non-hydrogen) atoms. The van der Waals surface area contributed by atoms with Crippen molar-refractivity contribution in [2.45, 2.75) is 13.8 Å². The molecule has 318 valence electrons. The van der Waals surface area contributed by atoms with Gasteiger partial charge in [-0.25, -0.2) is 9.97 Å². The molecule has 7 heterocycles. The van der Waals surface area contributed by atoms with Gasteiger partial charge in [0.15, 0.2) is 23.0 Å². The maximum absolute atomic E-state index is 6.64. The van der Waals surface area contributed by atoms with E-state index < -0.39 is 0 Å². The summed E-state index contributed by atoms with van der Waals surface area (Å²) in [6.07, 6.45) is 7.13. The van der Waals surface area contributed by atoms with Gasteiger partial charge in [-0.3, -0.25) is 19.1 Å². The van der Waals surface area contributed by atoms with Crippen molar-refractivity contribution in [3.05, 3.63) is 169 Å². The van der Waals surface area contributed by atoms with Crippen molar-refractivity contribution in [1.82, 2.24) is 29.1 Å². The molecule has 0 N–H and O–H groups in total. The van der Waals surface area contributed by atoms with Crippen molar-refractivity contribution in [3.8, 4) is 80.1 Å². The second kappa shape index (κ2) is 14.8. The van der Waals surface area contributed by atoms with E-state index in [1.165, 1.54) is 0 Å². The molecule has 13 rings (SSSR count). The zero-order valence-corrected chi connectivity index (χ0v) is 35.6. The highest BCUT2D eigenvalue weighted by Gasteiger charge is 2.25. The van der Waals surface area contributed by atoms with E-state index in [1.54, 1.807) is 12.4 Å². The van der Waals surface area contributed by atoms with Gasteiger partial charge in [-0.1, -0.05) is 36.4 Å². The lowest BCUT2D eigenvalue weighted by Gasteiger charge is -2.13. The van der Waals surface area contributed by atoms with Crippen LogP contribution in [0, 0.1) is 13.8 Å². The highest BCUT2D eigenvalue weighted by atomic mass is 16.7. The second-order valence-electron chi connectivity index (χ2n) is 16.4. The fourth-order valence-corrected chi connectivity index (χ4v) is 9.09. The van der Waals surface area contributed by atoms with Crippen molar-refractivity contribution in [2.75, 3.05) is 13.6 Å². The third kappa shape index (κ3) is 6.21. The molecular formula is C54H36N6O6. The number of aryl methyl sites for hydroxylation is 2. The summed E-state index contributed by atoms with van der Waals surface area (Å²) < 4.78 is 41.3. The lowest BCUT2D eigenvalue weighted by atomic mass is 10.1. The van der Waals surface area contributed by atoms with Crippen molar-refractivity contribution >= 4 is 43.6 Å². The molecule has 12 heteroatoms. The number of hydrogen-bond acceptors (Lipinski definition) is 10. The first-order valence-electron chi connectivity index (χ1n) is 21.5. The molecule has 0 saturated carbocycles. The average Bonchev–Trinajstić information content (AvgIpc) is 4.15. The maximum atomic E-state index is 6.64. The van der Waals surface area contributed by atoms with Gasteiger partial charge in [0.1, 0.15) is 23.1 Å². The van der Waals surface area contributed by atoms with Crippen LogP contribution in [0.4, 0.5) is 0 Å². The number of benzene rings is 6. The number of pyridine rings is 2. The van der Waals surface area contributed by atoms with Gasteiger partial charge >= 0.3 is 0 Å². The van der Waals surface area contributed by atoms with Gasteiger partial charge in [-0.05, 0) is 110 Å². The minimum Gasteiger partial charge on any atom is -0.453 e. The van der Waals surface area contributed by atoms with E-state index in [9.17, 15) is 0 Å². The van der Waals surface area contributed by atoms with Crippen LogP contribution in [-0.4, -0.2) is 42.7 Å². The zero-order valence-electron chi connectivity index (χ0n) is 35.6. The summed E-state index contributed by atoms with van der Waals surface area (Å²) in [5.41, 5.74) is 9.02. The number of para-hydroxylation sites is 2. The van der Waals surface area contributed by atoms with Gasteiger partial charge in [-0.15, -0.1) is 0 Å². The number of nitrogens with zero attached hydrogens (tertiary/aromatic N) is 6. The number of aromatic nitrogens is 6. The summed E-state index contributed by atoms with van der Waals surface area (Å²) in [5.74, 6) is 6.05. The quantitative estimate of drug-likeness (QED) is 0.146. The van der Waals surface area contributed by atoms with Crippen molar-refractivity contribution in [3.63, 3.8) is 0 Å². The van der Waals surface area contributed by atoms with E-state index in [-0.39, 0.29) is 13.6 Å². The van der Waals surface area contributed by atoms with Crippen LogP contribution >= 0.6 is 0 Å². The van der Waals surface area contributed by atoms with E-state index in [4.69, 9.17) is 48.4 Å². The summed E-state index contributed by atoms with van der Waals surface area (Å²) in [6, 6.07) is 44.6. The molecule has 2 aliphatic heterocycles. The SMILES string of the molecule is Cc1ccnc(-n2c3ccccc3c3ccc(Oc4cc(-c5cnc(-c6cc7c(c(Oc8ccc9c%10ccccc%10n(-c%10cc(C)ccn%10)c9c8)c6)OCO7)cn5)cc5c4OCO5)cc32)c1. The molecule has 0 atom stereocenters. The largest absolute Gasteiger partial charge is 0.453 e. The van der Waals surface area contributed by atoms with E-state index in [1.807, 2.05) is 85.2 Å². The first-order chi connectivity index (χ1) is 32.5. The number of hydrogen-bond donors (Lipinski definition) is 0. The third-order valence-electron chi connectivity index (χ3n) is 12.1. The minimum atomic E-state index is 0.0713. The van der Waals surface area contributed by atoms with Crippen LogP contribution in [0.5, 0.6) is 46.0 Å². The lowest BCUT2D eigenvalue weighted by molar-refractivity contribution is 0.171. The molecule has 2 aliphatic rings. The van der Waals surface area contributed by atoms with Gasteiger partial charge in [-0.2, -0.15) is 0 Å². The zero-order chi connectivity index (χ0) is 43.9. The Balaban J connectivity index is 0.827. The van der Waals surface area contributed by atoms with Crippen LogP contribution in [-0.2, 0) is 0 Å². The van der Waals surface area contributed by atoms with Crippen LogP contribution in [0.15, 0.2) is 158 Å². The Kier molecular flexibility index (Phi) is 8.47. The van der Waals surface area contributed by atoms with Gasteiger partial charge in [0.25, 0.3) is 0 Å². The first-order valence-corrected chi connectivity index (χ1v) is 21.5. The molecule has 0 radical (unpaired) electrons. The number of fused-ring (bicyclic) bond motifs is 8. The molecule has 12 nitrogen and oxygen atoms in total. The Morgan fingerprint density at radius 3 is 1.35 bits per heavy atom. The van der Waals surface area contributed by atoms with E-state index in [0.717, 1.165) is 77.5 Å². The Morgan fingerprint density at radius 1 is 0.439 bits per heavy atom. The smallest absolute Gasteiger partial charge is 0.231 e. The molecule has 0 fully saturated rings. The second-order valence-corrected chi connectivity index (χ2v) is 16.4. The van der Waals surface area contributed by atoms with Crippen LogP contribution in [0.2, 0.25) is 0 Å². The van der Waals surface area contributed by atoms with Crippen molar-refractivity contribution in [2.24, 2.45) is 0 Å². The average molecular weight is 865 g/mol. The van der Waals surface area contributed by atoms with Gasteiger partial charge < -0.3 is 28.4 Å². The first kappa shape index (κ1) is 37.6. The molecule has 0 saturated heterocycles. The molecule has 11 aromatic rings. The van der Waals surface area contributed by atoms with Crippen molar-refractivity contribution in [1.29, 1.82) is 0 Å². The molecule has 0 unspecified atom stereocenters. The summed E-state index contributed by atoms with van der Waals surface area (Å²) in [4.78, 5) is 19.2. The van der Waals surface area contributed by atoms with Crippen LogP contribution < -0.4 is 28.4 Å². The predicted molar refractivity (Wildman–Crippen MR) is 252 cm³/mol. The van der Waals surface area contributed by atoms with Gasteiger partial charge in [0.05, 0.1) is 45.8 Å². The maximum Gasteiger partial charge on any atom is 0.231 e. The normalized spacial score (nSPS) is 12.8. The molecule has 0 aliphatic carbocycles. The predicted octanol–water partition coefficient (Wildman–Crippen LogP) is 12.5. The molecule has 0 bridgehead atoms. The lowest BCUT2D eigenvalue weighted by Crippen LogP contribution is -1.98. The summed E-state index contributed by atoms with van der Waals surface area (Å²) in [7, 11) is 0. The van der Waals surface area contributed by atoms with E-state index >= 15 is 0 Å². The highest BCUT2D eigenvalue weighted by Crippen LogP contribution is 2.48. The molecule has 5 aromatic heterocycles. The molecular weight excluding hydrogens is 829 g/mol. The summed E-state index contributed by atoms with van der Waals surface area (Å²) in [6.45, 7) is 4.28. The topological polar surface area (TPSA) is 117 Å². The fourth-order valence-electron chi connectivity index (χ4n) is 9.09. The number of rotatable bonds is 8. The molecule has 6 aromatic carbocycles. The van der Waals surface area contributed by atoms with Crippen LogP contribution in [0.25, 0.3) is 77.8 Å². The standard InChI is InChI=1S/C54H36N6O6/c1-31-15-17-55-51(19-31)59-43-9-5-3-7-37(43)39-13-11-35(25-45(39)59)65-49-23-33(21-47-53(49)63-29-61-47)41-27-58-42(28-57-41)34-22-48-54(64-30-62-48)50(24-34)66-36-12-14-40-38-8-4-6-10-44(38)60(46(40)26-36)52-20-32(2)16-18-56-52/h3-28H,29-30H2,1-2H3. The molecule has 0 amide bonds. The Bertz CT molecular complexity index is 3520. The number of ether oxygens (including phenoxy) is 6. The Morgan fingerprint density at radius 2 is 0.894 bits per heavy atom. The van der Waals surface area contributed by atoms with Crippen molar-refractivity contribution < 1.29 is 28.4 Å². The monoisotopic (exact) mass is 864 g/mol.